The number of aliphatic hydroxyl groups is 1. The van der Waals surface area contributed by atoms with Crippen molar-refractivity contribution in [2.45, 2.75) is 6.61 Å². The van der Waals surface area contributed by atoms with Gasteiger partial charge in [-0.05, 0) is 23.3 Å². The van der Waals surface area contributed by atoms with Gasteiger partial charge in [0.25, 0.3) is 0 Å². The minimum Gasteiger partial charge on any atom is -0.392 e. The molecule has 2 aromatic heterocycles. The van der Waals surface area contributed by atoms with Crippen LogP contribution >= 0.6 is 0 Å². The van der Waals surface area contributed by atoms with Gasteiger partial charge in [0.15, 0.2) is 0 Å². The van der Waals surface area contributed by atoms with Crippen LogP contribution in [-0.4, -0.2) is 15.1 Å². The SMILES string of the molecule is O=c1cc(CO)c(-c2ccncc2)c[nH]1. The lowest BCUT2D eigenvalue weighted by Crippen LogP contribution is -2.06. The fourth-order valence-electron chi connectivity index (χ4n) is 1.44. The van der Waals surface area contributed by atoms with E-state index in [2.05, 4.69) is 9.97 Å². The van der Waals surface area contributed by atoms with Gasteiger partial charge >= 0.3 is 0 Å². The summed E-state index contributed by atoms with van der Waals surface area (Å²) in [4.78, 5) is 17.5. The first-order chi connectivity index (χ1) is 7.31. The third kappa shape index (κ3) is 1.94. The second-order valence-corrected chi connectivity index (χ2v) is 3.13. The number of H-pyrrole nitrogens is 1. The summed E-state index contributed by atoms with van der Waals surface area (Å²) in [5.41, 5.74) is 2.15. The van der Waals surface area contributed by atoms with Crippen LogP contribution in [0.2, 0.25) is 0 Å². The van der Waals surface area contributed by atoms with Crippen LogP contribution in [0, 0.1) is 0 Å². The second-order valence-electron chi connectivity index (χ2n) is 3.13. The molecule has 0 unspecified atom stereocenters. The molecule has 76 valence electrons. The summed E-state index contributed by atoms with van der Waals surface area (Å²) in [5, 5.41) is 9.14. The molecule has 2 rings (SSSR count). The Labute approximate surface area is 86.2 Å². The molecule has 15 heavy (non-hydrogen) atoms. The number of aromatic nitrogens is 2. The van der Waals surface area contributed by atoms with Gasteiger partial charge in [-0.1, -0.05) is 0 Å². The fourth-order valence-corrected chi connectivity index (χ4v) is 1.44. The minimum atomic E-state index is -0.211. The molecule has 0 saturated carbocycles. The molecule has 0 radical (unpaired) electrons. The molecule has 2 aromatic rings. The number of aliphatic hydroxyl groups excluding tert-OH is 1. The number of rotatable bonds is 2. The summed E-state index contributed by atoms with van der Waals surface area (Å²) in [6.07, 6.45) is 4.94. The van der Waals surface area contributed by atoms with Gasteiger partial charge < -0.3 is 10.1 Å². The van der Waals surface area contributed by atoms with E-state index in [4.69, 9.17) is 5.11 Å². The molecule has 0 aliphatic carbocycles. The topological polar surface area (TPSA) is 66.0 Å². The number of pyridine rings is 2. The Hall–Kier alpha value is -1.94. The third-order valence-corrected chi connectivity index (χ3v) is 2.17. The Morgan fingerprint density at radius 1 is 1.33 bits per heavy atom. The first-order valence-electron chi connectivity index (χ1n) is 4.54. The van der Waals surface area contributed by atoms with Crippen LogP contribution < -0.4 is 5.56 Å². The van der Waals surface area contributed by atoms with Crippen LogP contribution in [-0.2, 0) is 6.61 Å². The maximum absolute atomic E-state index is 11.1. The smallest absolute Gasteiger partial charge is 0.248 e. The summed E-state index contributed by atoms with van der Waals surface area (Å²) >= 11 is 0. The Bertz CT molecular complexity index is 505. The summed E-state index contributed by atoms with van der Waals surface area (Å²) in [6.45, 7) is -0.151. The van der Waals surface area contributed by atoms with Crippen molar-refractivity contribution >= 4 is 0 Å². The number of nitrogens with one attached hydrogen (secondary N) is 1. The first-order valence-corrected chi connectivity index (χ1v) is 4.54. The Morgan fingerprint density at radius 2 is 2.07 bits per heavy atom. The quantitative estimate of drug-likeness (QED) is 0.761. The molecular weight excluding hydrogens is 192 g/mol. The maximum Gasteiger partial charge on any atom is 0.248 e. The van der Waals surface area contributed by atoms with Gasteiger partial charge in [-0.2, -0.15) is 0 Å². The Morgan fingerprint density at radius 3 is 2.73 bits per heavy atom. The molecule has 0 bridgehead atoms. The highest BCUT2D eigenvalue weighted by Crippen LogP contribution is 2.20. The standard InChI is InChI=1S/C11H10N2O2/c14-7-9-5-11(15)13-6-10(9)8-1-3-12-4-2-8/h1-6,14H,7H2,(H,13,15). The van der Waals surface area contributed by atoms with Gasteiger partial charge in [-0.3, -0.25) is 9.78 Å². The average molecular weight is 202 g/mol. The molecule has 0 aliphatic rings. The molecule has 0 atom stereocenters. The van der Waals surface area contributed by atoms with Crippen LogP contribution in [0.3, 0.4) is 0 Å². The van der Waals surface area contributed by atoms with Crippen molar-refractivity contribution in [1.82, 2.24) is 9.97 Å². The van der Waals surface area contributed by atoms with E-state index in [0.29, 0.717) is 5.56 Å². The Balaban J connectivity index is 2.58. The van der Waals surface area contributed by atoms with Crippen molar-refractivity contribution in [1.29, 1.82) is 0 Å². The lowest BCUT2D eigenvalue weighted by molar-refractivity contribution is 0.282. The van der Waals surface area contributed by atoms with Crippen molar-refractivity contribution in [2.24, 2.45) is 0 Å². The number of nitrogens with zero attached hydrogens (tertiary/aromatic N) is 1. The molecule has 0 aromatic carbocycles. The molecule has 2 N–H and O–H groups in total. The van der Waals surface area contributed by atoms with Crippen molar-refractivity contribution < 1.29 is 5.11 Å². The average Bonchev–Trinajstić information content (AvgIpc) is 2.30. The van der Waals surface area contributed by atoms with Gasteiger partial charge in [0.05, 0.1) is 6.61 Å². The highest BCUT2D eigenvalue weighted by molar-refractivity contribution is 5.65. The summed E-state index contributed by atoms with van der Waals surface area (Å²) in [5.74, 6) is 0. The highest BCUT2D eigenvalue weighted by Gasteiger charge is 2.04. The zero-order valence-electron chi connectivity index (χ0n) is 7.97. The summed E-state index contributed by atoms with van der Waals surface area (Å²) in [6, 6.07) is 5.05. The van der Waals surface area contributed by atoms with Gasteiger partial charge in [0.1, 0.15) is 0 Å². The van der Waals surface area contributed by atoms with Crippen LogP contribution in [0.5, 0.6) is 0 Å². The molecule has 0 amide bonds. The number of hydrogen-bond acceptors (Lipinski definition) is 3. The van der Waals surface area contributed by atoms with E-state index in [1.807, 2.05) is 12.1 Å². The largest absolute Gasteiger partial charge is 0.392 e. The molecule has 0 spiro atoms. The Kier molecular flexibility index (Phi) is 2.60. The van der Waals surface area contributed by atoms with E-state index in [1.54, 1.807) is 18.6 Å². The van der Waals surface area contributed by atoms with Crippen molar-refractivity contribution in [3.05, 3.63) is 52.7 Å². The molecule has 4 heteroatoms. The van der Waals surface area contributed by atoms with Gasteiger partial charge in [-0.15, -0.1) is 0 Å². The third-order valence-electron chi connectivity index (χ3n) is 2.17. The van der Waals surface area contributed by atoms with E-state index in [9.17, 15) is 4.79 Å². The van der Waals surface area contributed by atoms with Crippen molar-refractivity contribution in [3.8, 4) is 11.1 Å². The van der Waals surface area contributed by atoms with Crippen molar-refractivity contribution in [3.63, 3.8) is 0 Å². The van der Waals surface area contributed by atoms with Crippen LogP contribution in [0.25, 0.3) is 11.1 Å². The second kappa shape index (κ2) is 4.06. The van der Waals surface area contributed by atoms with E-state index in [0.717, 1.165) is 11.1 Å². The van der Waals surface area contributed by atoms with Crippen LogP contribution in [0.15, 0.2) is 41.6 Å². The summed E-state index contributed by atoms with van der Waals surface area (Å²) < 4.78 is 0. The molecule has 0 fully saturated rings. The monoisotopic (exact) mass is 202 g/mol. The molecule has 2 heterocycles. The molecule has 4 nitrogen and oxygen atoms in total. The molecule has 0 aliphatic heterocycles. The fraction of sp³-hybridized carbons (Fsp3) is 0.0909. The zero-order chi connectivity index (χ0) is 10.7. The van der Waals surface area contributed by atoms with Crippen LogP contribution in [0.4, 0.5) is 0 Å². The van der Waals surface area contributed by atoms with E-state index in [1.165, 1.54) is 6.07 Å². The van der Waals surface area contributed by atoms with Gasteiger partial charge in [-0.25, -0.2) is 0 Å². The molecular formula is C11H10N2O2. The highest BCUT2D eigenvalue weighted by atomic mass is 16.3. The lowest BCUT2D eigenvalue weighted by atomic mass is 10.0. The van der Waals surface area contributed by atoms with Crippen LogP contribution in [0.1, 0.15) is 5.56 Å². The summed E-state index contributed by atoms with van der Waals surface area (Å²) in [7, 11) is 0. The number of hydrogen-bond donors (Lipinski definition) is 2. The van der Waals surface area contributed by atoms with Gasteiger partial charge in [0, 0.05) is 30.2 Å². The molecule has 0 saturated heterocycles. The normalized spacial score (nSPS) is 10.2. The minimum absolute atomic E-state index is 0.151. The lowest BCUT2D eigenvalue weighted by Gasteiger charge is -2.05. The maximum atomic E-state index is 11.1. The van der Waals surface area contributed by atoms with E-state index >= 15 is 0 Å². The first kappa shape index (κ1) is 9.61. The number of aromatic amines is 1. The van der Waals surface area contributed by atoms with Crippen molar-refractivity contribution in [2.75, 3.05) is 0 Å². The van der Waals surface area contributed by atoms with E-state index in [-0.39, 0.29) is 12.2 Å². The van der Waals surface area contributed by atoms with Gasteiger partial charge in [0.2, 0.25) is 5.56 Å². The predicted molar refractivity (Wildman–Crippen MR) is 56.2 cm³/mol. The zero-order valence-corrected chi connectivity index (χ0v) is 7.97. The van der Waals surface area contributed by atoms with E-state index < -0.39 is 0 Å². The predicted octanol–water partition coefficient (Wildman–Crippen LogP) is 0.929.